The van der Waals surface area contributed by atoms with Gasteiger partial charge in [-0.1, -0.05) is 44.2 Å². The third-order valence-electron chi connectivity index (χ3n) is 5.05. The van der Waals surface area contributed by atoms with Gasteiger partial charge in [-0.05, 0) is 54.7 Å². The van der Waals surface area contributed by atoms with E-state index in [1.165, 1.54) is 11.8 Å². The highest BCUT2D eigenvalue weighted by Crippen LogP contribution is 2.30. The maximum absolute atomic E-state index is 13.2. The Morgan fingerprint density at radius 2 is 1.73 bits per heavy atom. The van der Waals surface area contributed by atoms with E-state index in [9.17, 15) is 13.5 Å². The fourth-order valence-corrected chi connectivity index (χ4v) is 4.51. The first-order valence-corrected chi connectivity index (χ1v) is 11.1. The zero-order chi connectivity index (χ0) is 22.3. The van der Waals surface area contributed by atoms with E-state index < -0.39 is 15.9 Å². The molecule has 1 atom stereocenters. The molecule has 0 bridgehead atoms. The lowest BCUT2D eigenvalue weighted by Gasteiger charge is -2.19. The molecule has 1 N–H and O–H groups in total. The van der Waals surface area contributed by atoms with Gasteiger partial charge in [-0.2, -0.15) is 0 Å². The first kappa shape index (κ1) is 22.0. The van der Waals surface area contributed by atoms with E-state index in [0.29, 0.717) is 22.7 Å². The van der Waals surface area contributed by atoms with Crippen molar-refractivity contribution in [2.45, 2.75) is 56.1 Å². The van der Waals surface area contributed by atoms with Crippen LogP contribution >= 0.6 is 0 Å². The van der Waals surface area contributed by atoms with Crippen molar-refractivity contribution in [1.82, 2.24) is 15.0 Å². The van der Waals surface area contributed by atoms with Gasteiger partial charge in [-0.15, -0.1) is 5.10 Å². The van der Waals surface area contributed by atoms with Crippen molar-refractivity contribution in [3.8, 4) is 11.4 Å². The lowest BCUT2D eigenvalue weighted by Crippen LogP contribution is -2.12. The van der Waals surface area contributed by atoms with Crippen LogP contribution in [0.4, 0.5) is 0 Å². The van der Waals surface area contributed by atoms with Crippen molar-refractivity contribution in [2.75, 3.05) is 7.11 Å². The predicted molar refractivity (Wildman–Crippen MR) is 114 cm³/mol. The van der Waals surface area contributed by atoms with Crippen molar-refractivity contribution in [2.24, 2.45) is 0 Å². The summed E-state index contributed by atoms with van der Waals surface area (Å²) in [5, 5.41) is 17.8. The Hall–Kier alpha value is -2.71. The maximum atomic E-state index is 13.2. The Kier molecular flexibility index (Phi) is 5.75. The molecule has 0 saturated carbocycles. The highest BCUT2D eigenvalue weighted by Gasteiger charge is 2.27. The highest BCUT2D eigenvalue weighted by atomic mass is 32.2. The molecule has 0 unspecified atom stereocenters. The average Bonchev–Trinajstić information content (AvgIpc) is 3.08. The monoisotopic (exact) mass is 429 g/mol. The number of benzene rings is 2. The van der Waals surface area contributed by atoms with Crippen LogP contribution in [0.5, 0.6) is 5.75 Å². The summed E-state index contributed by atoms with van der Waals surface area (Å²) in [7, 11) is -2.33. The molecule has 3 rings (SSSR count). The standard InChI is InChI=1S/C22H27N3O4S/c1-14-21(30(27,28)18-10-8-17(9-11-18)22(3,4)5)23-24-25(14)19-13-16(15(2)26)7-12-20(19)29-6/h7-13,15,26H,1-6H3/t15-/m1/s1. The zero-order valence-corrected chi connectivity index (χ0v) is 18.9. The van der Waals surface area contributed by atoms with Crippen molar-refractivity contribution in [1.29, 1.82) is 0 Å². The van der Waals surface area contributed by atoms with E-state index in [1.807, 2.05) is 12.1 Å². The number of aliphatic hydroxyl groups excluding tert-OH is 1. The van der Waals surface area contributed by atoms with Gasteiger partial charge in [0.25, 0.3) is 0 Å². The van der Waals surface area contributed by atoms with Crippen molar-refractivity contribution < 1.29 is 18.3 Å². The lowest BCUT2D eigenvalue weighted by atomic mass is 9.87. The normalized spacial score (nSPS) is 13.3. The van der Waals surface area contributed by atoms with Crippen molar-refractivity contribution >= 4 is 9.84 Å². The fraction of sp³-hybridized carbons (Fsp3) is 0.364. The van der Waals surface area contributed by atoms with Crippen LogP contribution in [0.25, 0.3) is 5.69 Å². The van der Waals surface area contributed by atoms with Gasteiger partial charge >= 0.3 is 0 Å². The molecule has 0 amide bonds. The fourth-order valence-electron chi connectivity index (χ4n) is 3.17. The van der Waals surface area contributed by atoms with Gasteiger partial charge in [0.05, 0.1) is 23.8 Å². The molecule has 2 aromatic carbocycles. The van der Waals surface area contributed by atoms with Gasteiger partial charge in [0.2, 0.25) is 14.9 Å². The van der Waals surface area contributed by atoms with E-state index in [4.69, 9.17) is 4.74 Å². The summed E-state index contributed by atoms with van der Waals surface area (Å²) >= 11 is 0. The number of nitrogens with zero attached hydrogens (tertiary/aromatic N) is 3. The average molecular weight is 430 g/mol. The number of hydrogen-bond acceptors (Lipinski definition) is 6. The van der Waals surface area contributed by atoms with Crippen LogP contribution in [0.1, 0.15) is 50.6 Å². The predicted octanol–water partition coefficient (Wildman–Crippen LogP) is 3.77. The molecule has 0 saturated heterocycles. The van der Waals surface area contributed by atoms with Gasteiger partial charge in [0, 0.05) is 0 Å². The van der Waals surface area contributed by atoms with E-state index >= 15 is 0 Å². The van der Waals surface area contributed by atoms with E-state index in [0.717, 1.165) is 5.56 Å². The quantitative estimate of drug-likeness (QED) is 0.663. The Morgan fingerprint density at radius 1 is 1.10 bits per heavy atom. The minimum absolute atomic E-state index is 0.0766. The molecule has 0 radical (unpaired) electrons. The number of sulfone groups is 1. The molecule has 0 aliphatic heterocycles. The summed E-state index contributed by atoms with van der Waals surface area (Å²) < 4.78 is 33.2. The third-order valence-corrected chi connectivity index (χ3v) is 6.83. The largest absolute Gasteiger partial charge is 0.494 e. The van der Waals surface area contributed by atoms with Crippen LogP contribution < -0.4 is 4.74 Å². The minimum atomic E-state index is -3.85. The molecule has 30 heavy (non-hydrogen) atoms. The third kappa shape index (κ3) is 3.97. The van der Waals surface area contributed by atoms with E-state index in [1.54, 1.807) is 44.2 Å². The molecule has 0 spiro atoms. The second-order valence-corrected chi connectivity index (χ2v) is 10.1. The molecular weight excluding hydrogens is 402 g/mol. The smallest absolute Gasteiger partial charge is 0.227 e. The first-order valence-electron chi connectivity index (χ1n) is 9.61. The van der Waals surface area contributed by atoms with Crippen LogP contribution in [-0.2, 0) is 15.3 Å². The summed E-state index contributed by atoms with van der Waals surface area (Å²) in [6.07, 6.45) is -0.692. The van der Waals surface area contributed by atoms with Crippen LogP contribution in [-0.4, -0.2) is 35.6 Å². The molecule has 7 nitrogen and oxygen atoms in total. The van der Waals surface area contributed by atoms with Crippen molar-refractivity contribution in [3.63, 3.8) is 0 Å². The number of rotatable bonds is 5. The summed E-state index contributed by atoms with van der Waals surface area (Å²) in [5.41, 5.74) is 2.48. The molecule has 8 heteroatoms. The second-order valence-electron chi connectivity index (χ2n) is 8.28. The van der Waals surface area contributed by atoms with Crippen LogP contribution in [0, 0.1) is 6.92 Å². The van der Waals surface area contributed by atoms with Crippen LogP contribution in [0.3, 0.4) is 0 Å². The Balaban J connectivity index is 2.08. The van der Waals surface area contributed by atoms with Crippen LogP contribution in [0.2, 0.25) is 0 Å². The number of ether oxygens (including phenoxy) is 1. The molecule has 0 fully saturated rings. The number of aliphatic hydroxyl groups is 1. The van der Waals surface area contributed by atoms with Crippen molar-refractivity contribution in [3.05, 3.63) is 59.3 Å². The summed E-state index contributed by atoms with van der Waals surface area (Å²) in [4.78, 5) is 0.162. The maximum Gasteiger partial charge on any atom is 0.227 e. The second kappa shape index (κ2) is 7.85. The van der Waals surface area contributed by atoms with Gasteiger partial charge in [-0.25, -0.2) is 13.1 Å². The Morgan fingerprint density at radius 3 is 2.27 bits per heavy atom. The number of hydrogen-bond donors (Lipinski definition) is 1. The van der Waals surface area contributed by atoms with Gasteiger partial charge in [0.15, 0.2) is 0 Å². The SMILES string of the molecule is COc1ccc([C@@H](C)O)cc1-n1nnc(S(=O)(=O)c2ccc(C(C)(C)C)cc2)c1C. The number of aromatic nitrogens is 3. The van der Waals surface area contributed by atoms with Gasteiger partial charge in [-0.3, -0.25) is 0 Å². The van der Waals surface area contributed by atoms with E-state index in [-0.39, 0.29) is 15.3 Å². The number of methoxy groups -OCH3 is 1. The van der Waals surface area contributed by atoms with E-state index in [2.05, 4.69) is 31.1 Å². The first-order chi connectivity index (χ1) is 14.0. The lowest BCUT2D eigenvalue weighted by molar-refractivity contribution is 0.199. The van der Waals surface area contributed by atoms with Crippen LogP contribution in [0.15, 0.2) is 52.4 Å². The summed E-state index contributed by atoms with van der Waals surface area (Å²) in [6, 6.07) is 12.0. The summed E-state index contributed by atoms with van der Waals surface area (Å²) in [6.45, 7) is 9.50. The Labute approximate surface area is 177 Å². The summed E-state index contributed by atoms with van der Waals surface area (Å²) in [5.74, 6) is 0.492. The topological polar surface area (TPSA) is 94.3 Å². The Bertz CT molecular complexity index is 1160. The van der Waals surface area contributed by atoms with Gasteiger partial charge in [0.1, 0.15) is 11.4 Å². The highest BCUT2D eigenvalue weighted by molar-refractivity contribution is 7.91. The molecule has 1 heterocycles. The molecule has 160 valence electrons. The van der Waals surface area contributed by atoms with Gasteiger partial charge < -0.3 is 9.84 Å². The molecular formula is C22H27N3O4S. The molecule has 0 aliphatic carbocycles. The molecule has 0 aliphatic rings. The molecule has 3 aromatic rings. The molecule has 1 aromatic heterocycles. The minimum Gasteiger partial charge on any atom is -0.494 e. The zero-order valence-electron chi connectivity index (χ0n) is 18.0.